The minimum Gasteiger partial charge on any atom is -0.488 e. The Morgan fingerprint density at radius 1 is 1.02 bits per heavy atom. The minimum absolute atomic E-state index is 0.0450. The molecule has 1 saturated carbocycles. The highest BCUT2D eigenvalue weighted by atomic mass is 32.1. The molecule has 41 heavy (non-hydrogen) atoms. The van der Waals surface area contributed by atoms with Crippen molar-refractivity contribution < 1.29 is 29.0 Å². The Labute approximate surface area is 243 Å². The molecule has 10 nitrogen and oxygen atoms in total. The molecule has 3 aliphatic heterocycles. The number of carboxylic acid groups (broad SMARTS) is 1. The molecule has 0 bridgehead atoms. The lowest BCUT2D eigenvalue weighted by molar-refractivity contribution is -0.154. The largest absolute Gasteiger partial charge is 0.488 e. The number of hydrogen-bond donors (Lipinski definition) is 1. The predicted molar refractivity (Wildman–Crippen MR) is 151 cm³/mol. The van der Waals surface area contributed by atoms with Crippen molar-refractivity contribution in [3.05, 3.63) is 45.9 Å². The number of rotatable bonds is 7. The lowest BCUT2D eigenvalue weighted by Crippen LogP contribution is -2.50. The number of carboxylic acids is 1. The zero-order valence-electron chi connectivity index (χ0n) is 23.1. The highest BCUT2D eigenvalue weighted by Crippen LogP contribution is 2.41. The van der Waals surface area contributed by atoms with Crippen molar-refractivity contribution in [1.29, 1.82) is 0 Å². The van der Waals surface area contributed by atoms with E-state index in [1.165, 1.54) is 11.3 Å². The monoisotopic (exact) mass is 580 g/mol. The standard InChI is InChI=1S/C30H36N4O6S/c35-26-9-4-12-32(26)17-23-27-19(10-14-34(23)28(36)21-6-1-2-7-22(21)30(38)39)5-3-8-24(27)40-20-11-13-33(16-20)29(37)25-15-31-18-41-25/h3,5,8,15,18,20-23H,1-2,4,6-7,9-14,16-17H2,(H,38,39)/t20-,21?,22?,23+/m0/s1. The van der Waals surface area contributed by atoms with Crippen molar-refractivity contribution >= 4 is 35.0 Å². The van der Waals surface area contributed by atoms with E-state index in [4.69, 9.17) is 4.74 Å². The van der Waals surface area contributed by atoms with Crippen molar-refractivity contribution in [3.8, 4) is 5.75 Å². The van der Waals surface area contributed by atoms with Crippen LogP contribution in [0, 0.1) is 11.8 Å². The molecule has 2 saturated heterocycles. The van der Waals surface area contributed by atoms with Gasteiger partial charge in [-0.15, -0.1) is 11.3 Å². The second-order valence-corrected chi connectivity index (χ2v) is 12.4. The summed E-state index contributed by atoms with van der Waals surface area (Å²) < 4.78 is 6.58. The minimum atomic E-state index is -0.908. The van der Waals surface area contributed by atoms with Gasteiger partial charge in [0.25, 0.3) is 5.91 Å². The van der Waals surface area contributed by atoms with Gasteiger partial charge in [-0.25, -0.2) is 0 Å². The molecule has 0 spiro atoms. The highest BCUT2D eigenvalue weighted by Gasteiger charge is 2.43. The van der Waals surface area contributed by atoms with E-state index < -0.39 is 23.8 Å². The fourth-order valence-electron chi connectivity index (χ4n) is 7.00. The Bertz CT molecular complexity index is 1320. The quantitative estimate of drug-likeness (QED) is 0.533. The van der Waals surface area contributed by atoms with Crippen LogP contribution in [0.4, 0.5) is 0 Å². The fourth-order valence-corrected chi connectivity index (χ4v) is 7.59. The van der Waals surface area contributed by atoms with Crippen LogP contribution in [0.15, 0.2) is 29.9 Å². The number of likely N-dealkylation sites (tertiary alicyclic amines) is 2. The van der Waals surface area contributed by atoms with Gasteiger partial charge in [0.15, 0.2) is 0 Å². The van der Waals surface area contributed by atoms with Crippen LogP contribution in [-0.2, 0) is 20.8 Å². The van der Waals surface area contributed by atoms with Gasteiger partial charge < -0.3 is 24.5 Å². The van der Waals surface area contributed by atoms with Gasteiger partial charge in [-0.1, -0.05) is 25.0 Å². The number of aromatic nitrogens is 1. The molecule has 218 valence electrons. The summed E-state index contributed by atoms with van der Waals surface area (Å²) in [6, 6.07) is 5.51. The van der Waals surface area contributed by atoms with Gasteiger partial charge in [0.2, 0.25) is 11.8 Å². The van der Waals surface area contributed by atoms with Crippen LogP contribution >= 0.6 is 11.3 Å². The summed E-state index contributed by atoms with van der Waals surface area (Å²) in [6.45, 7) is 2.54. The predicted octanol–water partition coefficient (Wildman–Crippen LogP) is 3.38. The van der Waals surface area contributed by atoms with E-state index in [-0.39, 0.29) is 23.8 Å². The van der Waals surface area contributed by atoms with E-state index in [9.17, 15) is 24.3 Å². The molecule has 3 amide bonds. The van der Waals surface area contributed by atoms with Gasteiger partial charge >= 0.3 is 5.97 Å². The Kier molecular flexibility index (Phi) is 7.96. The molecule has 1 aromatic carbocycles. The Morgan fingerprint density at radius 2 is 1.85 bits per heavy atom. The zero-order chi connectivity index (χ0) is 28.5. The topological polar surface area (TPSA) is 120 Å². The Morgan fingerprint density at radius 3 is 2.59 bits per heavy atom. The number of aliphatic carboxylic acids is 1. The summed E-state index contributed by atoms with van der Waals surface area (Å²) in [5, 5.41) is 9.89. The molecule has 2 unspecified atom stereocenters. The lowest BCUT2D eigenvalue weighted by Gasteiger charge is -2.43. The van der Waals surface area contributed by atoms with Gasteiger partial charge in [-0.3, -0.25) is 24.2 Å². The summed E-state index contributed by atoms with van der Waals surface area (Å²) in [5.41, 5.74) is 3.64. The first-order valence-corrected chi connectivity index (χ1v) is 15.6. The molecule has 4 heterocycles. The number of ether oxygens (including phenoxy) is 1. The third kappa shape index (κ3) is 5.56. The molecular weight excluding hydrogens is 544 g/mol. The van der Waals surface area contributed by atoms with Crippen LogP contribution in [0.1, 0.15) is 71.8 Å². The van der Waals surface area contributed by atoms with Crippen molar-refractivity contribution in [2.45, 2.75) is 63.5 Å². The number of benzene rings is 1. The van der Waals surface area contributed by atoms with E-state index in [1.807, 2.05) is 21.9 Å². The molecule has 3 fully saturated rings. The third-order valence-corrected chi connectivity index (χ3v) is 9.87. The highest BCUT2D eigenvalue weighted by molar-refractivity contribution is 7.11. The lowest BCUT2D eigenvalue weighted by atomic mass is 9.77. The molecule has 1 aromatic heterocycles. The molecule has 1 N–H and O–H groups in total. The van der Waals surface area contributed by atoms with Gasteiger partial charge in [0.1, 0.15) is 16.7 Å². The summed E-state index contributed by atoms with van der Waals surface area (Å²) in [7, 11) is 0. The number of nitrogens with zero attached hydrogens (tertiary/aromatic N) is 4. The zero-order valence-corrected chi connectivity index (χ0v) is 23.9. The molecule has 4 atom stereocenters. The van der Waals surface area contributed by atoms with Crippen LogP contribution < -0.4 is 4.74 Å². The second kappa shape index (κ2) is 11.8. The molecule has 1 aliphatic carbocycles. The third-order valence-electron chi connectivity index (χ3n) is 9.11. The fraction of sp³-hybridized carbons (Fsp3) is 0.567. The maximum atomic E-state index is 14.1. The first-order chi connectivity index (χ1) is 19.9. The average molecular weight is 581 g/mol. The molecule has 0 radical (unpaired) electrons. The average Bonchev–Trinajstić information content (AvgIpc) is 3.76. The van der Waals surface area contributed by atoms with Gasteiger partial charge in [-0.05, 0) is 37.3 Å². The number of carbonyl (C=O) groups is 4. The number of fused-ring (bicyclic) bond motifs is 1. The van der Waals surface area contributed by atoms with Crippen LogP contribution in [0.2, 0.25) is 0 Å². The van der Waals surface area contributed by atoms with E-state index >= 15 is 0 Å². The van der Waals surface area contributed by atoms with Crippen LogP contribution in [0.3, 0.4) is 0 Å². The van der Waals surface area contributed by atoms with Crippen molar-refractivity contribution in [2.24, 2.45) is 11.8 Å². The Balaban J connectivity index is 1.28. The second-order valence-electron chi connectivity index (χ2n) is 11.6. The van der Waals surface area contributed by atoms with Crippen LogP contribution in [-0.4, -0.2) is 87.3 Å². The van der Waals surface area contributed by atoms with Gasteiger partial charge in [-0.2, -0.15) is 0 Å². The number of carbonyl (C=O) groups excluding carboxylic acids is 3. The van der Waals surface area contributed by atoms with Crippen LogP contribution in [0.5, 0.6) is 5.75 Å². The Hall–Kier alpha value is -3.47. The molecule has 6 rings (SSSR count). The molecule has 4 aliphatic rings. The molecule has 11 heteroatoms. The van der Waals surface area contributed by atoms with E-state index in [1.54, 1.807) is 16.6 Å². The van der Waals surface area contributed by atoms with E-state index in [0.717, 1.165) is 30.4 Å². The smallest absolute Gasteiger partial charge is 0.307 e. The van der Waals surface area contributed by atoms with Gasteiger partial charge in [0.05, 0.1) is 36.1 Å². The van der Waals surface area contributed by atoms with Crippen molar-refractivity contribution in [1.82, 2.24) is 19.7 Å². The summed E-state index contributed by atoms with van der Waals surface area (Å²) >= 11 is 1.32. The maximum absolute atomic E-state index is 14.1. The first kappa shape index (κ1) is 27.7. The normalized spacial score (nSPS) is 26.2. The number of amides is 3. The summed E-state index contributed by atoms with van der Waals surface area (Å²) in [5.74, 6) is -1.57. The maximum Gasteiger partial charge on any atom is 0.307 e. The number of hydrogen-bond acceptors (Lipinski definition) is 7. The number of thiazole rings is 1. The van der Waals surface area contributed by atoms with Gasteiger partial charge in [0, 0.05) is 44.6 Å². The summed E-state index contributed by atoms with van der Waals surface area (Å²) in [4.78, 5) is 61.8. The molecule has 2 aromatic rings. The van der Waals surface area contributed by atoms with Crippen molar-refractivity contribution in [3.63, 3.8) is 0 Å². The SMILES string of the molecule is O=C(O)C1CCCCC1C(=O)N1CCc2cccc(O[C@H]3CCN(C(=O)c4cncs4)C3)c2[C@H]1CN1CCCC1=O. The van der Waals surface area contributed by atoms with E-state index in [2.05, 4.69) is 11.1 Å². The first-order valence-electron chi connectivity index (χ1n) is 14.7. The van der Waals surface area contributed by atoms with Crippen LogP contribution in [0.25, 0.3) is 0 Å². The molecular formula is C30H36N4O6S. The van der Waals surface area contributed by atoms with E-state index in [0.29, 0.717) is 75.5 Å². The van der Waals surface area contributed by atoms with Crippen molar-refractivity contribution in [2.75, 3.05) is 32.7 Å². The summed E-state index contributed by atoms with van der Waals surface area (Å²) in [6.07, 6.45) is 6.74.